The second-order valence-electron chi connectivity index (χ2n) is 12.9. The molecule has 0 atom stereocenters. The van der Waals surface area contributed by atoms with Crippen LogP contribution in [-0.4, -0.2) is 14.2 Å². The van der Waals surface area contributed by atoms with E-state index in [4.69, 9.17) is 9.47 Å². The van der Waals surface area contributed by atoms with Crippen molar-refractivity contribution < 1.29 is 9.47 Å². The highest BCUT2D eigenvalue weighted by Gasteiger charge is 2.15. The number of ether oxygens (including phenoxy) is 2. The van der Waals surface area contributed by atoms with Crippen molar-refractivity contribution >= 4 is 21.5 Å². The summed E-state index contributed by atoms with van der Waals surface area (Å²) in [6, 6.07) is 22.9. The number of hydrogen-bond acceptors (Lipinski definition) is 2. The molecule has 0 N–H and O–H groups in total. The lowest BCUT2D eigenvalue weighted by molar-refractivity contribution is 0.411. The molecule has 0 radical (unpaired) electrons. The second kappa shape index (κ2) is 18.7. The van der Waals surface area contributed by atoms with Crippen molar-refractivity contribution in [3.63, 3.8) is 0 Å². The summed E-state index contributed by atoms with van der Waals surface area (Å²) < 4.78 is 11.9. The molecule has 238 valence electrons. The Kier molecular flexibility index (Phi) is 14.4. The average Bonchev–Trinajstić information content (AvgIpc) is 3.05. The molecule has 44 heavy (non-hydrogen) atoms. The van der Waals surface area contributed by atoms with Crippen LogP contribution in [0.4, 0.5) is 0 Å². The van der Waals surface area contributed by atoms with Gasteiger partial charge in [-0.15, -0.1) is 0 Å². The molecule has 2 heteroatoms. The topological polar surface area (TPSA) is 18.5 Å². The average molecular weight is 595 g/mol. The number of fused-ring (bicyclic) bond motifs is 2. The van der Waals surface area contributed by atoms with Crippen LogP contribution < -0.4 is 9.47 Å². The predicted octanol–water partition coefficient (Wildman–Crippen LogP) is 13.0. The Morgan fingerprint density at radius 2 is 0.750 bits per heavy atom. The summed E-state index contributed by atoms with van der Waals surface area (Å²) in [5, 5.41) is 4.97. The number of unbranched alkanes of at least 4 members (excludes halogenated alkanes) is 14. The maximum atomic E-state index is 5.97. The van der Waals surface area contributed by atoms with Gasteiger partial charge in [0.25, 0.3) is 0 Å². The first-order valence-corrected chi connectivity index (χ1v) is 17.9. The quantitative estimate of drug-likeness (QED) is 0.0893. The first kappa shape index (κ1) is 33.9. The number of rotatable bonds is 21. The summed E-state index contributed by atoms with van der Waals surface area (Å²) in [5.74, 6) is 1.79. The third kappa shape index (κ3) is 10.0. The molecule has 0 aliphatic rings. The van der Waals surface area contributed by atoms with E-state index >= 15 is 0 Å². The standard InChI is InChI=1S/C42H58O2/c1-5-7-9-11-13-15-17-19-21-33-23-25-35-29-39(41(43-3)31-37(35)27-33)40-30-36-26-24-34(28-38(36)32-42(40)44-4)22-20-18-16-14-12-10-8-6-2/h23-32H,5-22H2,1-4H3. The van der Waals surface area contributed by atoms with Crippen molar-refractivity contribution in [2.45, 2.75) is 129 Å². The minimum absolute atomic E-state index is 0.894. The van der Waals surface area contributed by atoms with Gasteiger partial charge in [-0.3, -0.25) is 0 Å². The fourth-order valence-electron chi connectivity index (χ4n) is 6.65. The van der Waals surface area contributed by atoms with Crippen LogP contribution in [0.3, 0.4) is 0 Å². The Morgan fingerprint density at radius 1 is 0.386 bits per heavy atom. The third-order valence-corrected chi connectivity index (χ3v) is 9.37. The third-order valence-electron chi connectivity index (χ3n) is 9.37. The molecule has 0 saturated carbocycles. The number of hydrogen-bond donors (Lipinski definition) is 0. The van der Waals surface area contributed by atoms with E-state index in [-0.39, 0.29) is 0 Å². The van der Waals surface area contributed by atoms with Crippen molar-refractivity contribution in [3.8, 4) is 22.6 Å². The van der Waals surface area contributed by atoms with Gasteiger partial charge in [-0.2, -0.15) is 0 Å². The van der Waals surface area contributed by atoms with E-state index in [0.29, 0.717) is 0 Å². The van der Waals surface area contributed by atoms with Crippen LogP contribution in [0.2, 0.25) is 0 Å². The lowest BCUT2D eigenvalue weighted by atomic mass is 9.94. The zero-order valence-corrected chi connectivity index (χ0v) is 28.3. The Balaban J connectivity index is 1.42. The number of benzene rings is 4. The normalized spacial score (nSPS) is 11.5. The molecule has 4 rings (SSSR count). The van der Waals surface area contributed by atoms with Crippen LogP contribution in [-0.2, 0) is 12.8 Å². The molecule has 0 aromatic heterocycles. The first-order valence-electron chi connectivity index (χ1n) is 17.9. The van der Waals surface area contributed by atoms with Crippen LogP contribution in [0.15, 0.2) is 60.7 Å². The van der Waals surface area contributed by atoms with Crippen molar-refractivity contribution in [1.82, 2.24) is 0 Å². The molecule has 0 unspecified atom stereocenters. The highest BCUT2D eigenvalue weighted by atomic mass is 16.5. The van der Waals surface area contributed by atoms with E-state index in [0.717, 1.165) is 35.5 Å². The minimum Gasteiger partial charge on any atom is -0.496 e. The molecule has 0 aliphatic heterocycles. The van der Waals surface area contributed by atoms with Crippen LogP contribution in [0, 0.1) is 0 Å². The molecular formula is C42H58O2. The van der Waals surface area contributed by atoms with Crippen LogP contribution in [0.25, 0.3) is 32.7 Å². The van der Waals surface area contributed by atoms with E-state index in [1.165, 1.54) is 135 Å². The molecule has 0 amide bonds. The van der Waals surface area contributed by atoms with E-state index in [1.54, 1.807) is 14.2 Å². The van der Waals surface area contributed by atoms with Crippen molar-refractivity contribution in [3.05, 3.63) is 71.8 Å². The molecule has 0 spiro atoms. The van der Waals surface area contributed by atoms with E-state index < -0.39 is 0 Å². The lowest BCUT2D eigenvalue weighted by Crippen LogP contribution is -1.94. The van der Waals surface area contributed by atoms with Crippen molar-refractivity contribution in [2.24, 2.45) is 0 Å². The predicted molar refractivity (Wildman–Crippen MR) is 193 cm³/mol. The lowest BCUT2D eigenvalue weighted by Gasteiger charge is -2.16. The zero-order valence-electron chi connectivity index (χ0n) is 28.3. The van der Waals surface area contributed by atoms with Gasteiger partial charge in [-0.1, -0.05) is 140 Å². The highest BCUT2D eigenvalue weighted by Crippen LogP contribution is 2.41. The SMILES string of the molecule is CCCCCCCCCCc1ccc2cc(-c3cc4ccc(CCCCCCCCCC)cc4cc3OC)c(OC)cc2c1. The Labute approximate surface area is 268 Å². The summed E-state index contributed by atoms with van der Waals surface area (Å²) >= 11 is 0. The minimum atomic E-state index is 0.894. The van der Waals surface area contributed by atoms with E-state index in [2.05, 4.69) is 74.5 Å². The summed E-state index contributed by atoms with van der Waals surface area (Å²) in [6.07, 6.45) is 24.0. The van der Waals surface area contributed by atoms with Gasteiger partial charge in [0.1, 0.15) is 11.5 Å². The molecule has 4 aromatic carbocycles. The monoisotopic (exact) mass is 594 g/mol. The number of methoxy groups -OCH3 is 2. The molecule has 0 saturated heterocycles. The Morgan fingerprint density at radius 3 is 1.11 bits per heavy atom. The maximum Gasteiger partial charge on any atom is 0.127 e. The fraction of sp³-hybridized carbons (Fsp3) is 0.524. The second-order valence-corrected chi connectivity index (χ2v) is 12.9. The van der Waals surface area contributed by atoms with E-state index in [9.17, 15) is 0 Å². The molecular weight excluding hydrogens is 536 g/mol. The van der Waals surface area contributed by atoms with Gasteiger partial charge in [0.15, 0.2) is 0 Å². The van der Waals surface area contributed by atoms with Crippen LogP contribution in [0.5, 0.6) is 11.5 Å². The van der Waals surface area contributed by atoms with Gasteiger partial charge in [0, 0.05) is 11.1 Å². The largest absolute Gasteiger partial charge is 0.496 e. The Hall–Kier alpha value is -3.00. The van der Waals surface area contributed by atoms with Gasteiger partial charge < -0.3 is 9.47 Å². The maximum absolute atomic E-state index is 5.97. The van der Waals surface area contributed by atoms with Gasteiger partial charge >= 0.3 is 0 Å². The molecule has 2 nitrogen and oxygen atoms in total. The summed E-state index contributed by atoms with van der Waals surface area (Å²) in [6.45, 7) is 4.57. The molecule has 4 aromatic rings. The van der Waals surface area contributed by atoms with Crippen LogP contribution in [0.1, 0.15) is 128 Å². The highest BCUT2D eigenvalue weighted by molar-refractivity contribution is 5.96. The summed E-state index contributed by atoms with van der Waals surface area (Å²) in [5.41, 5.74) is 5.00. The molecule has 0 aliphatic carbocycles. The summed E-state index contributed by atoms with van der Waals surface area (Å²) in [7, 11) is 3.56. The van der Waals surface area contributed by atoms with Gasteiger partial charge in [0.05, 0.1) is 14.2 Å². The van der Waals surface area contributed by atoms with Gasteiger partial charge in [-0.25, -0.2) is 0 Å². The smallest absolute Gasteiger partial charge is 0.127 e. The fourth-order valence-corrected chi connectivity index (χ4v) is 6.65. The van der Waals surface area contributed by atoms with Crippen molar-refractivity contribution in [1.29, 1.82) is 0 Å². The van der Waals surface area contributed by atoms with Gasteiger partial charge in [-0.05, 0) is 82.6 Å². The van der Waals surface area contributed by atoms with E-state index in [1.807, 2.05) is 0 Å². The van der Waals surface area contributed by atoms with Gasteiger partial charge in [0.2, 0.25) is 0 Å². The first-order chi connectivity index (χ1) is 21.7. The zero-order chi connectivity index (χ0) is 31.0. The molecule has 0 bridgehead atoms. The molecule has 0 fully saturated rings. The van der Waals surface area contributed by atoms with Crippen LogP contribution >= 0.6 is 0 Å². The summed E-state index contributed by atoms with van der Waals surface area (Å²) in [4.78, 5) is 0. The van der Waals surface area contributed by atoms with Crippen molar-refractivity contribution in [2.75, 3.05) is 14.2 Å². The number of aryl methyl sites for hydroxylation is 2. The molecule has 0 heterocycles. The Bertz CT molecular complexity index is 1310.